The molecule has 0 unspecified atom stereocenters. The van der Waals surface area contributed by atoms with Crippen molar-refractivity contribution in [3.05, 3.63) is 152 Å². The highest BCUT2D eigenvalue weighted by atomic mass is 15.2. The van der Waals surface area contributed by atoms with Crippen LogP contribution in [0.5, 0.6) is 0 Å². The molecule has 4 aromatic heterocycles. The standard InChI is InChI=1S/C41H25N5/c1-3-14-26(15-4-1)37-38-32(22-13-25-42-38)43-41(44-37)46-34-24-12-10-21-31(34)36-35-30-20-9-11-23-33(30)45(27-16-5-2-6-17-27)39(35)28-18-7-8-19-29(28)40(36)46/h1-25H. The molecule has 10 aromatic rings. The van der Waals surface area contributed by atoms with Gasteiger partial charge in [0, 0.05) is 49.8 Å². The summed E-state index contributed by atoms with van der Waals surface area (Å²) < 4.78 is 4.68. The highest BCUT2D eigenvalue weighted by molar-refractivity contribution is 6.37. The topological polar surface area (TPSA) is 48.5 Å². The Balaban J connectivity index is 1.46. The first-order chi connectivity index (χ1) is 22.9. The fraction of sp³-hybridized carbons (Fsp3) is 0. The van der Waals surface area contributed by atoms with Gasteiger partial charge in [-0.25, -0.2) is 9.97 Å². The molecule has 0 N–H and O–H groups in total. The Morgan fingerprint density at radius 1 is 0.435 bits per heavy atom. The van der Waals surface area contributed by atoms with Crippen LogP contribution in [-0.2, 0) is 0 Å². The maximum Gasteiger partial charge on any atom is 0.235 e. The molecule has 0 atom stereocenters. The monoisotopic (exact) mass is 587 g/mol. The third-order valence-electron chi connectivity index (χ3n) is 9.14. The Bertz CT molecular complexity index is 2790. The van der Waals surface area contributed by atoms with Gasteiger partial charge in [-0.2, -0.15) is 0 Å². The smallest absolute Gasteiger partial charge is 0.235 e. The van der Waals surface area contributed by atoms with Crippen LogP contribution in [0.3, 0.4) is 0 Å². The molecule has 46 heavy (non-hydrogen) atoms. The van der Waals surface area contributed by atoms with Crippen molar-refractivity contribution in [1.82, 2.24) is 24.1 Å². The van der Waals surface area contributed by atoms with Crippen molar-refractivity contribution in [3.63, 3.8) is 0 Å². The van der Waals surface area contributed by atoms with Crippen molar-refractivity contribution in [2.45, 2.75) is 0 Å². The Morgan fingerprint density at radius 3 is 1.65 bits per heavy atom. The second-order valence-electron chi connectivity index (χ2n) is 11.6. The van der Waals surface area contributed by atoms with E-state index in [0.29, 0.717) is 5.95 Å². The summed E-state index contributed by atoms with van der Waals surface area (Å²) in [5.74, 6) is 0.627. The third-order valence-corrected chi connectivity index (χ3v) is 9.14. The van der Waals surface area contributed by atoms with Crippen molar-refractivity contribution in [3.8, 4) is 22.9 Å². The number of hydrogen-bond acceptors (Lipinski definition) is 3. The first-order valence-corrected chi connectivity index (χ1v) is 15.5. The number of nitrogens with zero attached hydrogens (tertiary/aromatic N) is 5. The first kappa shape index (κ1) is 25.0. The van der Waals surface area contributed by atoms with Crippen LogP contribution in [-0.4, -0.2) is 24.1 Å². The summed E-state index contributed by atoms with van der Waals surface area (Å²) in [7, 11) is 0. The Labute approximate surface area is 263 Å². The molecular weight excluding hydrogens is 562 g/mol. The van der Waals surface area contributed by atoms with Gasteiger partial charge in [0.15, 0.2) is 0 Å². The molecule has 5 nitrogen and oxygen atoms in total. The van der Waals surface area contributed by atoms with E-state index >= 15 is 0 Å². The zero-order valence-corrected chi connectivity index (χ0v) is 24.7. The van der Waals surface area contributed by atoms with Crippen LogP contribution in [0.1, 0.15) is 0 Å². The molecule has 0 radical (unpaired) electrons. The van der Waals surface area contributed by atoms with Gasteiger partial charge in [0.05, 0.1) is 27.6 Å². The van der Waals surface area contributed by atoms with Crippen LogP contribution in [0.15, 0.2) is 152 Å². The van der Waals surface area contributed by atoms with E-state index in [1.165, 1.54) is 38.0 Å². The minimum atomic E-state index is 0.627. The van der Waals surface area contributed by atoms with Gasteiger partial charge in [0.25, 0.3) is 0 Å². The van der Waals surface area contributed by atoms with Crippen LogP contribution in [0.4, 0.5) is 0 Å². The number of hydrogen-bond donors (Lipinski definition) is 0. The van der Waals surface area contributed by atoms with E-state index in [1.807, 2.05) is 36.5 Å². The fourth-order valence-corrected chi connectivity index (χ4v) is 7.30. The number of benzene rings is 6. The molecule has 10 rings (SSSR count). The molecule has 0 saturated carbocycles. The number of rotatable bonds is 3. The average molecular weight is 588 g/mol. The quantitative estimate of drug-likeness (QED) is 0.207. The molecule has 6 aromatic carbocycles. The average Bonchev–Trinajstić information content (AvgIpc) is 3.66. The molecule has 0 aliphatic rings. The normalized spacial score (nSPS) is 11.9. The van der Waals surface area contributed by atoms with Gasteiger partial charge < -0.3 is 4.57 Å². The lowest BCUT2D eigenvalue weighted by molar-refractivity contribution is 1.01. The van der Waals surface area contributed by atoms with Crippen molar-refractivity contribution < 1.29 is 0 Å². The van der Waals surface area contributed by atoms with Crippen molar-refractivity contribution in [2.24, 2.45) is 0 Å². The van der Waals surface area contributed by atoms with E-state index in [1.54, 1.807) is 0 Å². The SMILES string of the molecule is c1ccc(-c2nc(-n3c4ccccc4c4c5c6ccccc6n(-c6ccccc6)c5c5ccccc5c43)nc3cccnc23)cc1. The maximum absolute atomic E-state index is 5.30. The zero-order chi connectivity index (χ0) is 30.2. The van der Waals surface area contributed by atoms with Gasteiger partial charge in [0.2, 0.25) is 5.95 Å². The maximum atomic E-state index is 5.30. The summed E-state index contributed by atoms with van der Waals surface area (Å²) in [5.41, 5.74) is 9.10. The molecule has 5 heteroatoms. The Kier molecular flexibility index (Phi) is 5.22. The summed E-state index contributed by atoms with van der Waals surface area (Å²) in [5, 5.41) is 7.14. The largest absolute Gasteiger partial charge is 0.309 e. The molecule has 0 spiro atoms. The van der Waals surface area contributed by atoms with Crippen LogP contribution < -0.4 is 0 Å². The molecule has 4 heterocycles. The second-order valence-corrected chi connectivity index (χ2v) is 11.6. The van der Waals surface area contributed by atoms with Gasteiger partial charge in [-0.3, -0.25) is 9.55 Å². The van der Waals surface area contributed by atoms with E-state index in [2.05, 4.69) is 124 Å². The number of pyridine rings is 1. The number of para-hydroxylation sites is 3. The van der Waals surface area contributed by atoms with Crippen LogP contribution in [0, 0.1) is 0 Å². The van der Waals surface area contributed by atoms with Gasteiger partial charge in [0.1, 0.15) is 11.2 Å². The van der Waals surface area contributed by atoms with E-state index in [0.717, 1.165) is 44.4 Å². The molecule has 0 bridgehead atoms. The van der Waals surface area contributed by atoms with Crippen LogP contribution in [0.25, 0.3) is 88.3 Å². The van der Waals surface area contributed by atoms with Crippen molar-refractivity contribution in [2.75, 3.05) is 0 Å². The predicted molar refractivity (Wildman–Crippen MR) is 189 cm³/mol. The van der Waals surface area contributed by atoms with Crippen molar-refractivity contribution in [1.29, 1.82) is 0 Å². The van der Waals surface area contributed by atoms with Gasteiger partial charge >= 0.3 is 0 Å². The number of aromatic nitrogens is 5. The molecular formula is C41H25N5. The summed E-state index contributed by atoms with van der Waals surface area (Å²) in [6, 6.07) is 51.1. The molecule has 214 valence electrons. The van der Waals surface area contributed by atoms with Crippen LogP contribution in [0.2, 0.25) is 0 Å². The lowest BCUT2D eigenvalue weighted by atomic mass is 9.99. The molecule has 0 fully saturated rings. The van der Waals surface area contributed by atoms with Gasteiger partial charge in [-0.15, -0.1) is 0 Å². The number of fused-ring (bicyclic) bond motifs is 11. The molecule has 0 aliphatic heterocycles. The molecule has 0 aliphatic carbocycles. The summed E-state index contributed by atoms with van der Waals surface area (Å²) in [6.45, 7) is 0. The van der Waals surface area contributed by atoms with E-state index in [-0.39, 0.29) is 0 Å². The predicted octanol–water partition coefficient (Wildman–Crippen LogP) is 10.0. The highest BCUT2D eigenvalue weighted by Crippen LogP contribution is 2.46. The minimum absolute atomic E-state index is 0.627. The lowest BCUT2D eigenvalue weighted by Gasteiger charge is -2.13. The van der Waals surface area contributed by atoms with E-state index < -0.39 is 0 Å². The lowest BCUT2D eigenvalue weighted by Crippen LogP contribution is -2.04. The summed E-state index contributed by atoms with van der Waals surface area (Å²) in [6.07, 6.45) is 1.81. The fourth-order valence-electron chi connectivity index (χ4n) is 7.30. The first-order valence-electron chi connectivity index (χ1n) is 15.5. The van der Waals surface area contributed by atoms with Crippen molar-refractivity contribution >= 4 is 65.4 Å². The van der Waals surface area contributed by atoms with Gasteiger partial charge in [-0.1, -0.05) is 109 Å². The Morgan fingerprint density at radius 2 is 0.978 bits per heavy atom. The minimum Gasteiger partial charge on any atom is -0.309 e. The zero-order valence-electron chi connectivity index (χ0n) is 24.7. The van der Waals surface area contributed by atoms with Gasteiger partial charge in [-0.05, 0) is 36.4 Å². The van der Waals surface area contributed by atoms with E-state index in [4.69, 9.17) is 15.0 Å². The molecule has 0 saturated heterocycles. The second kappa shape index (κ2) is 9.58. The molecule has 0 amide bonds. The Hall–Kier alpha value is -6.33. The summed E-state index contributed by atoms with van der Waals surface area (Å²) >= 11 is 0. The van der Waals surface area contributed by atoms with Crippen LogP contribution >= 0.6 is 0 Å². The summed E-state index contributed by atoms with van der Waals surface area (Å²) in [4.78, 5) is 15.2. The van der Waals surface area contributed by atoms with E-state index in [9.17, 15) is 0 Å². The highest BCUT2D eigenvalue weighted by Gasteiger charge is 2.25. The third kappa shape index (κ3) is 3.42.